The molecule has 0 unspecified atom stereocenters. The quantitative estimate of drug-likeness (QED) is 0.802. The van der Waals surface area contributed by atoms with Gasteiger partial charge in [0.15, 0.2) is 5.82 Å². The second-order valence-corrected chi connectivity index (χ2v) is 5.74. The SMILES string of the molecule is N[C@@H](c1nc(Cc2cccs2)no1)c1ccccc1Cl. The fraction of sp³-hybridized carbons (Fsp3) is 0.143. The van der Waals surface area contributed by atoms with Crippen molar-refractivity contribution in [1.82, 2.24) is 10.1 Å². The molecule has 3 aromatic rings. The molecule has 0 spiro atoms. The number of nitrogens with zero attached hydrogens (tertiary/aromatic N) is 2. The van der Waals surface area contributed by atoms with Gasteiger partial charge in [0.2, 0.25) is 5.89 Å². The van der Waals surface area contributed by atoms with Gasteiger partial charge in [0.05, 0.1) is 0 Å². The van der Waals surface area contributed by atoms with Crippen LogP contribution in [0.4, 0.5) is 0 Å². The van der Waals surface area contributed by atoms with Gasteiger partial charge in [-0.25, -0.2) is 0 Å². The molecule has 0 saturated carbocycles. The van der Waals surface area contributed by atoms with Crippen LogP contribution < -0.4 is 5.73 Å². The maximum Gasteiger partial charge on any atom is 0.248 e. The highest BCUT2D eigenvalue weighted by atomic mass is 35.5. The number of thiophene rings is 1. The first-order chi connectivity index (χ1) is 9.74. The van der Waals surface area contributed by atoms with Crippen molar-refractivity contribution in [3.8, 4) is 0 Å². The average molecular weight is 306 g/mol. The molecule has 0 radical (unpaired) electrons. The fourth-order valence-electron chi connectivity index (χ4n) is 1.89. The average Bonchev–Trinajstić information content (AvgIpc) is 3.11. The Hall–Kier alpha value is -1.69. The van der Waals surface area contributed by atoms with E-state index in [2.05, 4.69) is 10.1 Å². The van der Waals surface area contributed by atoms with Crippen molar-refractivity contribution < 1.29 is 4.52 Å². The highest BCUT2D eigenvalue weighted by Crippen LogP contribution is 2.25. The van der Waals surface area contributed by atoms with Crippen molar-refractivity contribution in [2.24, 2.45) is 5.73 Å². The number of hydrogen-bond acceptors (Lipinski definition) is 5. The van der Waals surface area contributed by atoms with Crippen molar-refractivity contribution in [3.05, 3.63) is 69.0 Å². The van der Waals surface area contributed by atoms with Gasteiger partial charge < -0.3 is 10.3 Å². The van der Waals surface area contributed by atoms with Crippen LogP contribution in [0.25, 0.3) is 0 Å². The van der Waals surface area contributed by atoms with Crippen molar-refractivity contribution in [2.45, 2.75) is 12.5 Å². The van der Waals surface area contributed by atoms with E-state index in [-0.39, 0.29) is 0 Å². The zero-order valence-electron chi connectivity index (χ0n) is 10.5. The molecule has 0 bridgehead atoms. The third-order valence-corrected chi connectivity index (χ3v) is 4.12. The van der Waals surface area contributed by atoms with Gasteiger partial charge in [-0.1, -0.05) is 41.0 Å². The fourth-order valence-corrected chi connectivity index (χ4v) is 2.85. The molecule has 0 aliphatic heterocycles. The van der Waals surface area contributed by atoms with E-state index in [4.69, 9.17) is 21.9 Å². The van der Waals surface area contributed by atoms with Crippen LogP contribution in [-0.4, -0.2) is 10.1 Å². The molecule has 20 heavy (non-hydrogen) atoms. The zero-order valence-corrected chi connectivity index (χ0v) is 12.1. The van der Waals surface area contributed by atoms with Crippen molar-refractivity contribution >= 4 is 22.9 Å². The number of aromatic nitrogens is 2. The number of hydrogen-bond donors (Lipinski definition) is 1. The van der Waals surface area contributed by atoms with Gasteiger partial charge >= 0.3 is 0 Å². The minimum atomic E-state index is -0.506. The van der Waals surface area contributed by atoms with Gasteiger partial charge in [-0.15, -0.1) is 11.3 Å². The lowest BCUT2D eigenvalue weighted by molar-refractivity contribution is 0.363. The lowest BCUT2D eigenvalue weighted by atomic mass is 10.1. The molecule has 3 rings (SSSR count). The topological polar surface area (TPSA) is 64.9 Å². The van der Waals surface area contributed by atoms with Gasteiger partial charge in [-0.05, 0) is 23.1 Å². The Bertz CT molecular complexity index is 696. The van der Waals surface area contributed by atoms with Gasteiger partial charge in [-0.2, -0.15) is 4.98 Å². The molecule has 0 aliphatic carbocycles. The first-order valence-electron chi connectivity index (χ1n) is 6.09. The van der Waals surface area contributed by atoms with E-state index in [0.717, 1.165) is 5.56 Å². The van der Waals surface area contributed by atoms with E-state index in [1.165, 1.54) is 4.88 Å². The van der Waals surface area contributed by atoms with Crippen LogP contribution in [-0.2, 0) is 6.42 Å². The van der Waals surface area contributed by atoms with Crippen LogP contribution in [0.1, 0.15) is 28.2 Å². The van der Waals surface area contributed by atoms with Crippen LogP contribution >= 0.6 is 22.9 Å². The van der Waals surface area contributed by atoms with Crippen molar-refractivity contribution in [2.75, 3.05) is 0 Å². The smallest absolute Gasteiger partial charge is 0.248 e. The summed E-state index contributed by atoms with van der Waals surface area (Å²) in [6.07, 6.45) is 0.649. The molecule has 0 amide bonds. The minimum Gasteiger partial charge on any atom is -0.337 e. The normalized spacial score (nSPS) is 12.5. The monoisotopic (exact) mass is 305 g/mol. The molecular weight excluding hydrogens is 294 g/mol. The molecule has 1 atom stereocenters. The predicted molar refractivity (Wildman–Crippen MR) is 78.9 cm³/mol. The van der Waals surface area contributed by atoms with Crippen LogP contribution in [0.15, 0.2) is 46.3 Å². The van der Waals surface area contributed by atoms with E-state index < -0.39 is 6.04 Å². The Balaban J connectivity index is 1.81. The van der Waals surface area contributed by atoms with Gasteiger partial charge in [0, 0.05) is 16.3 Å². The lowest BCUT2D eigenvalue weighted by Crippen LogP contribution is -2.12. The van der Waals surface area contributed by atoms with Crippen LogP contribution in [0.5, 0.6) is 0 Å². The summed E-state index contributed by atoms with van der Waals surface area (Å²) in [5.74, 6) is 1.01. The summed E-state index contributed by atoms with van der Waals surface area (Å²) in [5.41, 5.74) is 6.90. The Kier molecular flexibility index (Phi) is 3.82. The van der Waals surface area contributed by atoms with Crippen LogP contribution in [0.3, 0.4) is 0 Å². The van der Waals surface area contributed by atoms with E-state index in [1.807, 2.05) is 35.7 Å². The highest BCUT2D eigenvalue weighted by Gasteiger charge is 2.19. The first-order valence-corrected chi connectivity index (χ1v) is 7.34. The molecule has 1 aromatic carbocycles. The summed E-state index contributed by atoms with van der Waals surface area (Å²) in [5, 5.41) is 6.58. The molecule has 0 aliphatic rings. The molecule has 0 saturated heterocycles. The Morgan fingerprint density at radius 3 is 2.85 bits per heavy atom. The van der Waals surface area contributed by atoms with E-state index in [1.54, 1.807) is 17.4 Å². The van der Waals surface area contributed by atoms with Gasteiger partial charge in [0.25, 0.3) is 0 Å². The largest absolute Gasteiger partial charge is 0.337 e. The Labute approximate surface area is 125 Å². The Morgan fingerprint density at radius 1 is 1.25 bits per heavy atom. The molecule has 102 valence electrons. The number of halogens is 1. The number of nitrogens with two attached hydrogens (primary N) is 1. The highest BCUT2D eigenvalue weighted by molar-refractivity contribution is 7.09. The zero-order chi connectivity index (χ0) is 13.9. The third kappa shape index (κ3) is 2.75. The minimum absolute atomic E-state index is 0.379. The molecular formula is C14H12ClN3OS. The summed E-state index contributed by atoms with van der Waals surface area (Å²) < 4.78 is 5.24. The molecule has 2 N–H and O–H groups in total. The standard InChI is InChI=1S/C14H12ClN3OS/c15-11-6-2-1-5-10(11)13(16)14-17-12(18-19-14)8-9-4-3-7-20-9/h1-7,13H,8,16H2/t13-/m1/s1. The number of benzene rings is 1. The molecule has 4 nitrogen and oxygen atoms in total. The lowest BCUT2D eigenvalue weighted by Gasteiger charge is -2.08. The maximum atomic E-state index is 6.13. The van der Waals surface area contributed by atoms with Gasteiger partial charge in [0.1, 0.15) is 6.04 Å². The van der Waals surface area contributed by atoms with Crippen LogP contribution in [0, 0.1) is 0 Å². The summed E-state index contributed by atoms with van der Waals surface area (Å²) in [6.45, 7) is 0. The van der Waals surface area contributed by atoms with Crippen LogP contribution in [0.2, 0.25) is 5.02 Å². The van der Waals surface area contributed by atoms with Crippen molar-refractivity contribution in [3.63, 3.8) is 0 Å². The van der Waals surface area contributed by atoms with Crippen molar-refractivity contribution in [1.29, 1.82) is 0 Å². The third-order valence-electron chi connectivity index (χ3n) is 2.90. The van der Waals surface area contributed by atoms with E-state index in [9.17, 15) is 0 Å². The predicted octanol–water partition coefficient (Wildman–Crippen LogP) is 3.42. The summed E-state index contributed by atoms with van der Waals surface area (Å²) in [7, 11) is 0. The second-order valence-electron chi connectivity index (χ2n) is 4.30. The molecule has 6 heteroatoms. The Morgan fingerprint density at radius 2 is 2.10 bits per heavy atom. The summed E-state index contributed by atoms with van der Waals surface area (Å²) in [4.78, 5) is 5.53. The van der Waals surface area contributed by atoms with E-state index in [0.29, 0.717) is 23.2 Å². The molecule has 2 aromatic heterocycles. The number of rotatable bonds is 4. The first kappa shape index (κ1) is 13.3. The van der Waals surface area contributed by atoms with E-state index >= 15 is 0 Å². The second kappa shape index (κ2) is 5.75. The molecule has 2 heterocycles. The summed E-state index contributed by atoms with van der Waals surface area (Å²) >= 11 is 7.78. The maximum absolute atomic E-state index is 6.13. The molecule has 0 fully saturated rings. The summed E-state index contributed by atoms with van der Waals surface area (Å²) in [6, 6.07) is 10.9. The van der Waals surface area contributed by atoms with Gasteiger partial charge in [-0.3, -0.25) is 0 Å².